The molecular weight excluding hydrogens is 566 g/mol. The number of likely N-dealkylation sites (tertiary alicyclic amines) is 2. The summed E-state index contributed by atoms with van der Waals surface area (Å²) in [5.41, 5.74) is 10.0. The smallest absolute Gasteiger partial charge is 0.410 e. The number of amides is 2. The molecule has 0 bridgehead atoms. The van der Waals surface area contributed by atoms with Gasteiger partial charge in [0.15, 0.2) is 0 Å². The van der Waals surface area contributed by atoms with Crippen molar-refractivity contribution >= 4 is 12.2 Å². The van der Waals surface area contributed by atoms with Crippen molar-refractivity contribution in [1.82, 2.24) is 9.80 Å². The van der Waals surface area contributed by atoms with Crippen LogP contribution in [0.5, 0.6) is 0 Å². The Balaban J connectivity index is 0.000000175. The second kappa shape index (κ2) is 14.8. The third-order valence-electron chi connectivity index (χ3n) is 8.87. The number of piperidine rings is 2. The molecule has 4 fully saturated rings. The van der Waals surface area contributed by atoms with E-state index in [0.29, 0.717) is 52.4 Å². The summed E-state index contributed by atoms with van der Waals surface area (Å²) >= 11 is 0. The standard InChI is InChI=1S/C16H20N4O3.C16H21NO4/c17-19-18-14-10-16(23-12-14)6-8-20(9-7-16)15(21)22-11-13-4-2-1-3-5-13;18-14-10-16(21-12-14)6-8-17(9-7-16)15(19)20-11-13-4-2-1-3-5-13/h1-5,14H,6-12H2;1-5,14,18H,6-12H2. The molecular formula is C32H41N5O7. The molecule has 2 spiro atoms. The monoisotopic (exact) mass is 607 g/mol. The van der Waals surface area contributed by atoms with Crippen molar-refractivity contribution in [2.24, 2.45) is 5.11 Å². The maximum absolute atomic E-state index is 12.1. The fourth-order valence-corrected chi connectivity index (χ4v) is 6.30. The lowest BCUT2D eigenvalue weighted by atomic mass is 9.88. The zero-order chi connectivity index (χ0) is 30.8. The number of rotatable bonds is 5. The molecule has 12 heteroatoms. The molecule has 6 rings (SSSR count). The molecule has 4 heterocycles. The molecule has 236 valence electrons. The molecule has 2 unspecified atom stereocenters. The number of ether oxygens (including phenoxy) is 4. The third-order valence-corrected chi connectivity index (χ3v) is 8.87. The van der Waals surface area contributed by atoms with Crippen LogP contribution in [0.1, 0.15) is 49.7 Å². The second-order valence-electron chi connectivity index (χ2n) is 12.0. The minimum absolute atomic E-state index is 0.0865. The zero-order valence-electron chi connectivity index (χ0n) is 25.0. The van der Waals surface area contributed by atoms with Crippen LogP contribution in [0, 0.1) is 0 Å². The first-order chi connectivity index (χ1) is 21.4. The Morgan fingerprint density at radius 2 is 1.25 bits per heavy atom. The van der Waals surface area contributed by atoms with E-state index in [0.717, 1.165) is 43.2 Å². The molecule has 2 atom stereocenters. The first kappa shape index (κ1) is 31.6. The van der Waals surface area contributed by atoms with Gasteiger partial charge in [-0.25, -0.2) is 9.59 Å². The Kier molecular flexibility index (Phi) is 10.6. The topological polar surface area (TPSA) is 147 Å². The van der Waals surface area contributed by atoms with Crippen LogP contribution >= 0.6 is 0 Å². The van der Waals surface area contributed by atoms with Crippen molar-refractivity contribution in [3.05, 3.63) is 82.2 Å². The largest absolute Gasteiger partial charge is 0.445 e. The number of aliphatic hydroxyl groups is 1. The molecule has 0 radical (unpaired) electrons. The SMILES string of the molecule is O=C(OCc1ccccc1)N1CCC2(CC1)CC(O)CO2.[N-]=[N+]=NC1COC2(CCN(C(=O)OCc3ccccc3)CC2)C1. The maximum atomic E-state index is 12.1. The van der Waals surface area contributed by atoms with Crippen molar-refractivity contribution in [3.8, 4) is 0 Å². The van der Waals surface area contributed by atoms with Crippen LogP contribution in [-0.2, 0) is 32.2 Å². The summed E-state index contributed by atoms with van der Waals surface area (Å²) in [7, 11) is 0. The molecule has 4 aliphatic rings. The van der Waals surface area contributed by atoms with E-state index in [4.69, 9.17) is 24.5 Å². The number of hydrogen-bond donors (Lipinski definition) is 1. The first-order valence-electron chi connectivity index (χ1n) is 15.3. The van der Waals surface area contributed by atoms with Gasteiger partial charge in [0.05, 0.1) is 36.6 Å². The van der Waals surface area contributed by atoms with E-state index in [1.54, 1.807) is 9.80 Å². The first-order valence-corrected chi connectivity index (χ1v) is 15.3. The highest BCUT2D eigenvalue weighted by atomic mass is 16.6. The van der Waals surface area contributed by atoms with Crippen molar-refractivity contribution in [3.63, 3.8) is 0 Å². The Morgan fingerprint density at radius 3 is 1.68 bits per heavy atom. The summed E-state index contributed by atoms with van der Waals surface area (Å²) in [5.74, 6) is 0. The van der Waals surface area contributed by atoms with Crippen LogP contribution in [0.25, 0.3) is 10.4 Å². The van der Waals surface area contributed by atoms with Gasteiger partial charge >= 0.3 is 12.2 Å². The molecule has 2 amide bonds. The van der Waals surface area contributed by atoms with Gasteiger partial charge in [0.1, 0.15) is 13.2 Å². The average molecular weight is 608 g/mol. The minimum Gasteiger partial charge on any atom is -0.445 e. The Hall–Kier alpha value is -3.83. The second-order valence-corrected chi connectivity index (χ2v) is 12.0. The van der Waals surface area contributed by atoms with Gasteiger partial charge in [-0.1, -0.05) is 65.8 Å². The van der Waals surface area contributed by atoms with Crippen LogP contribution in [-0.4, -0.2) is 89.8 Å². The maximum Gasteiger partial charge on any atom is 0.410 e. The lowest BCUT2D eigenvalue weighted by Gasteiger charge is -2.38. The molecule has 0 saturated carbocycles. The van der Waals surface area contributed by atoms with Crippen molar-refractivity contribution in [2.45, 2.75) is 75.1 Å². The molecule has 0 aromatic heterocycles. The molecule has 2 aromatic rings. The van der Waals surface area contributed by atoms with Crippen molar-refractivity contribution in [2.75, 3.05) is 39.4 Å². The number of aliphatic hydroxyl groups excluding tert-OH is 1. The third kappa shape index (κ3) is 8.41. The van der Waals surface area contributed by atoms with Crippen LogP contribution in [0.3, 0.4) is 0 Å². The Bertz CT molecular complexity index is 1270. The lowest BCUT2D eigenvalue weighted by Crippen LogP contribution is -2.46. The molecule has 12 nitrogen and oxygen atoms in total. The van der Waals surface area contributed by atoms with Gasteiger partial charge in [-0.15, -0.1) is 0 Å². The number of carbonyl (C=O) groups excluding carboxylic acids is 2. The number of nitrogens with zero attached hydrogens (tertiary/aromatic N) is 5. The van der Waals surface area contributed by atoms with Crippen molar-refractivity contribution < 1.29 is 33.6 Å². The summed E-state index contributed by atoms with van der Waals surface area (Å²) in [4.78, 5) is 30.5. The van der Waals surface area contributed by atoms with Gasteiger partial charge in [0.25, 0.3) is 0 Å². The summed E-state index contributed by atoms with van der Waals surface area (Å²) in [6, 6.07) is 19.2. The number of azide groups is 1. The van der Waals surface area contributed by atoms with Gasteiger partial charge < -0.3 is 33.9 Å². The highest BCUT2D eigenvalue weighted by Crippen LogP contribution is 2.37. The molecule has 4 aliphatic heterocycles. The summed E-state index contributed by atoms with van der Waals surface area (Å²) in [6.45, 7) is 3.95. The van der Waals surface area contributed by atoms with E-state index < -0.39 is 0 Å². The predicted molar refractivity (Wildman–Crippen MR) is 160 cm³/mol. The van der Waals surface area contributed by atoms with Gasteiger partial charge in [-0.2, -0.15) is 0 Å². The van der Waals surface area contributed by atoms with Gasteiger partial charge in [-0.05, 0) is 48.8 Å². The van der Waals surface area contributed by atoms with E-state index >= 15 is 0 Å². The molecule has 4 saturated heterocycles. The Morgan fingerprint density at radius 1 is 0.795 bits per heavy atom. The highest BCUT2D eigenvalue weighted by molar-refractivity contribution is 5.68. The van der Waals surface area contributed by atoms with Crippen LogP contribution in [0.4, 0.5) is 9.59 Å². The van der Waals surface area contributed by atoms with Crippen LogP contribution < -0.4 is 0 Å². The lowest BCUT2D eigenvalue weighted by molar-refractivity contribution is -0.0431. The quantitative estimate of drug-likeness (QED) is 0.279. The zero-order valence-corrected chi connectivity index (χ0v) is 25.0. The summed E-state index contributed by atoms with van der Waals surface area (Å²) in [5, 5.41) is 13.3. The van der Waals surface area contributed by atoms with E-state index in [9.17, 15) is 14.7 Å². The number of benzene rings is 2. The van der Waals surface area contributed by atoms with E-state index in [1.165, 1.54) is 0 Å². The van der Waals surface area contributed by atoms with Crippen LogP contribution in [0.2, 0.25) is 0 Å². The normalized spacial score (nSPS) is 23.4. The Labute approximate surface area is 257 Å². The molecule has 1 N–H and O–H groups in total. The predicted octanol–water partition coefficient (Wildman–Crippen LogP) is 5.20. The average Bonchev–Trinajstić information content (AvgIpc) is 3.63. The molecule has 44 heavy (non-hydrogen) atoms. The van der Waals surface area contributed by atoms with E-state index in [1.807, 2.05) is 60.7 Å². The number of hydrogen-bond acceptors (Lipinski definition) is 8. The van der Waals surface area contributed by atoms with E-state index in [-0.39, 0.29) is 42.1 Å². The minimum atomic E-state index is -0.360. The van der Waals surface area contributed by atoms with Gasteiger partial charge in [0.2, 0.25) is 0 Å². The number of carbonyl (C=O) groups is 2. The summed E-state index contributed by atoms with van der Waals surface area (Å²) in [6.07, 6.45) is 3.55. The van der Waals surface area contributed by atoms with E-state index in [2.05, 4.69) is 10.0 Å². The summed E-state index contributed by atoms with van der Waals surface area (Å²) < 4.78 is 22.3. The fourth-order valence-electron chi connectivity index (χ4n) is 6.30. The fraction of sp³-hybridized carbons (Fsp3) is 0.562. The van der Waals surface area contributed by atoms with Crippen LogP contribution in [0.15, 0.2) is 65.8 Å². The molecule has 2 aromatic carbocycles. The van der Waals surface area contributed by atoms with Gasteiger partial charge in [-0.3, -0.25) is 0 Å². The van der Waals surface area contributed by atoms with Crippen molar-refractivity contribution in [1.29, 1.82) is 0 Å². The highest BCUT2D eigenvalue weighted by Gasteiger charge is 2.44. The van der Waals surface area contributed by atoms with Gasteiger partial charge in [0, 0.05) is 37.5 Å². The molecule has 0 aliphatic carbocycles.